The van der Waals surface area contributed by atoms with E-state index in [9.17, 15) is 4.79 Å². The molecule has 3 rings (SSSR count). The molecule has 1 aliphatic heterocycles. The van der Waals surface area contributed by atoms with Gasteiger partial charge in [0, 0.05) is 24.7 Å². The summed E-state index contributed by atoms with van der Waals surface area (Å²) in [7, 11) is 2.05. The van der Waals surface area contributed by atoms with Crippen LogP contribution in [0.5, 0.6) is 5.75 Å². The third-order valence-electron chi connectivity index (χ3n) is 3.59. The number of hydrogen-bond donors (Lipinski definition) is 1. The second-order valence-corrected chi connectivity index (χ2v) is 5.72. The molecular weight excluding hydrogens is 308 g/mol. The molecule has 1 atom stereocenters. The Labute approximate surface area is 132 Å². The van der Waals surface area contributed by atoms with Crippen LogP contribution in [0.2, 0.25) is 5.02 Å². The molecule has 2 heterocycles. The van der Waals surface area contributed by atoms with Crippen LogP contribution in [0.3, 0.4) is 0 Å². The van der Waals surface area contributed by atoms with E-state index >= 15 is 0 Å². The number of aromatic carboxylic acids is 1. The van der Waals surface area contributed by atoms with Crippen LogP contribution in [-0.2, 0) is 0 Å². The summed E-state index contributed by atoms with van der Waals surface area (Å²) in [5.41, 5.74) is 1.10. The molecule has 0 amide bonds. The van der Waals surface area contributed by atoms with Gasteiger partial charge in [-0.3, -0.25) is 0 Å². The Balaban J connectivity index is 1.77. The third-order valence-corrected chi connectivity index (χ3v) is 3.89. The Morgan fingerprint density at radius 2 is 2.32 bits per heavy atom. The molecule has 0 spiro atoms. The van der Waals surface area contributed by atoms with E-state index in [1.807, 2.05) is 0 Å². The highest BCUT2D eigenvalue weighted by molar-refractivity contribution is 6.32. The van der Waals surface area contributed by atoms with Crippen molar-refractivity contribution in [1.29, 1.82) is 0 Å². The standard InChI is InChI=1S/C15H15ClN2O4/c1-18-5-4-10(8-18)21-13-3-2-9(6-11(13)16)12-7-14(15(19)20)22-17-12/h2-3,6-7,10H,4-5,8H2,1H3,(H,19,20). The molecule has 2 aromatic rings. The van der Waals surface area contributed by atoms with Gasteiger partial charge in [-0.2, -0.15) is 0 Å². The maximum absolute atomic E-state index is 10.8. The molecule has 7 heteroatoms. The minimum absolute atomic E-state index is 0.138. The molecule has 1 aromatic heterocycles. The number of hydrogen-bond acceptors (Lipinski definition) is 5. The van der Waals surface area contributed by atoms with E-state index in [4.69, 9.17) is 26.0 Å². The molecule has 22 heavy (non-hydrogen) atoms. The number of aromatic nitrogens is 1. The van der Waals surface area contributed by atoms with Crippen molar-refractivity contribution in [2.75, 3.05) is 20.1 Å². The van der Waals surface area contributed by atoms with Gasteiger partial charge in [-0.15, -0.1) is 0 Å². The molecule has 6 nitrogen and oxygen atoms in total. The predicted octanol–water partition coefficient (Wildman–Crippen LogP) is 2.78. The Kier molecular flexibility index (Phi) is 4.04. The van der Waals surface area contributed by atoms with Crippen LogP contribution >= 0.6 is 11.6 Å². The number of ether oxygens (including phenoxy) is 1. The van der Waals surface area contributed by atoms with Crippen LogP contribution in [0.25, 0.3) is 11.3 Å². The summed E-state index contributed by atoms with van der Waals surface area (Å²) in [4.78, 5) is 13.0. The number of likely N-dealkylation sites (N-methyl/N-ethyl adjacent to an activating group) is 1. The average Bonchev–Trinajstić information content (AvgIpc) is 3.10. The van der Waals surface area contributed by atoms with Gasteiger partial charge in [0.2, 0.25) is 5.76 Å². The third kappa shape index (κ3) is 3.08. The quantitative estimate of drug-likeness (QED) is 0.932. The van der Waals surface area contributed by atoms with Crippen LogP contribution in [0.1, 0.15) is 17.0 Å². The summed E-state index contributed by atoms with van der Waals surface area (Å²) in [5.74, 6) is -0.747. The summed E-state index contributed by atoms with van der Waals surface area (Å²) in [6.45, 7) is 1.89. The van der Waals surface area contributed by atoms with Crippen LogP contribution in [0.4, 0.5) is 0 Å². The lowest BCUT2D eigenvalue weighted by Crippen LogP contribution is -2.21. The number of rotatable bonds is 4. The summed E-state index contributed by atoms with van der Waals surface area (Å²) >= 11 is 6.25. The monoisotopic (exact) mass is 322 g/mol. The number of nitrogens with zero attached hydrogens (tertiary/aromatic N) is 2. The molecule has 1 aromatic carbocycles. The van der Waals surface area contributed by atoms with Crippen molar-refractivity contribution in [1.82, 2.24) is 10.1 Å². The van der Waals surface area contributed by atoms with Crippen LogP contribution in [0.15, 0.2) is 28.8 Å². The maximum atomic E-state index is 10.8. The molecular formula is C15H15ClN2O4. The highest BCUT2D eigenvalue weighted by Crippen LogP contribution is 2.31. The maximum Gasteiger partial charge on any atom is 0.374 e. The largest absolute Gasteiger partial charge is 0.487 e. The van der Waals surface area contributed by atoms with E-state index in [1.165, 1.54) is 6.07 Å². The number of likely N-dealkylation sites (tertiary alicyclic amines) is 1. The van der Waals surface area contributed by atoms with Crippen molar-refractivity contribution in [3.63, 3.8) is 0 Å². The van der Waals surface area contributed by atoms with Gasteiger partial charge in [0.1, 0.15) is 17.5 Å². The van der Waals surface area contributed by atoms with Gasteiger partial charge < -0.3 is 19.3 Å². The summed E-state index contributed by atoms with van der Waals surface area (Å²) in [6.07, 6.45) is 1.11. The first-order valence-electron chi connectivity index (χ1n) is 6.88. The van der Waals surface area contributed by atoms with Crippen molar-refractivity contribution >= 4 is 17.6 Å². The van der Waals surface area contributed by atoms with Gasteiger partial charge in [0.15, 0.2) is 0 Å². The Morgan fingerprint density at radius 3 is 2.91 bits per heavy atom. The number of halogens is 1. The molecule has 0 saturated carbocycles. The SMILES string of the molecule is CN1CCC(Oc2ccc(-c3cc(C(=O)O)on3)cc2Cl)C1. The number of carboxylic acids is 1. The zero-order chi connectivity index (χ0) is 15.7. The molecule has 116 valence electrons. The van der Waals surface area contributed by atoms with E-state index < -0.39 is 5.97 Å². The van der Waals surface area contributed by atoms with Crippen molar-refractivity contribution in [2.45, 2.75) is 12.5 Å². The number of carboxylic acid groups (broad SMARTS) is 1. The van der Waals surface area contributed by atoms with Gasteiger partial charge in [-0.05, 0) is 31.7 Å². The van der Waals surface area contributed by atoms with Gasteiger partial charge in [0.25, 0.3) is 0 Å². The fraction of sp³-hybridized carbons (Fsp3) is 0.333. The number of benzene rings is 1. The second kappa shape index (κ2) is 5.98. The van der Waals surface area contributed by atoms with Gasteiger partial charge in [0.05, 0.1) is 5.02 Å². The molecule has 0 bridgehead atoms. The van der Waals surface area contributed by atoms with Crippen LogP contribution in [0, 0.1) is 0 Å². The molecule has 1 N–H and O–H groups in total. The van der Waals surface area contributed by atoms with E-state index in [2.05, 4.69) is 17.1 Å². The zero-order valence-corrected chi connectivity index (χ0v) is 12.7. The minimum atomic E-state index is -1.16. The molecule has 1 unspecified atom stereocenters. The van der Waals surface area contributed by atoms with E-state index in [0.717, 1.165) is 19.5 Å². The van der Waals surface area contributed by atoms with E-state index in [1.54, 1.807) is 18.2 Å². The van der Waals surface area contributed by atoms with Gasteiger partial charge in [-0.25, -0.2) is 4.79 Å². The second-order valence-electron chi connectivity index (χ2n) is 5.32. The molecule has 1 saturated heterocycles. The lowest BCUT2D eigenvalue weighted by atomic mass is 10.1. The highest BCUT2D eigenvalue weighted by atomic mass is 35.5. The highest BCUT2D eigenvalue weighted by Gasteiger charge is 2.22. The fourth-order valence-corrected chi connectivity index (χ4v) is 2.66. The van der Waals surface area contributed by atoms with Crippen LogP contribution < -0.4 is 4.74 Å². The first-order chi connectivity index (χ1) is 10.5. The first-order valence-corrected chi connectivity index (χ1v) is 7.26. The van der Waals surface area contributed by atoms with Crippen molar-refractivity contribution in [3.8, 4) is 17.0 Å². The van der Waals surface area contributed by atoms with Crippen molar-refractivity contribution in [2.24, 2.45) is 0 Å². The Morgan fingerprint density at radius 1 is 1.50 bits per heavy atom. The minimum Gasteiger partial charge on any atom is -0.487 e. The Hall–Kier alpha value is -2.05. The van der Waals surface area contributed by atoms with Gasteiger partial charge >= 0.3 is 5.97 Å². The lowest BCUT2D eigenvalue weighted by Gasteiger charge is -2.15. The fourth-order valence-electron chi connectivity index (χ4n) is 2.44. The van der Waals surface area contributed by atoms with Crippen molar-refractivity contribution in [3.05, 3.63) is 35.0 Å². The smallest absolute Gasteiger partial charge is 0.374 e. The molecule has 0 radical (unpaired) electrons. The summed E-state index contributed by atoms with van der Waals surface area (Å²) < 4.78 is 10.6. The Bertz CT molecular complexity index is 701. The topological polar surface area (TPSA) is 75.8 Å². The van der Waals surface area contributed by atoms with Crippen molar-refractivity contribution < 1.29 is 19.2 Å². The lowest BCUT2D eigenvalue weighted by molar-refractivity contribution is 0.0652. The average molecular weight is 323 g/mol. The molecule has 0 aliphatic carbocycles. The normalized spacial score (nSPS) is 18.5. The van der Waals surface area contributed by atoms with Crippen LogP contribution in [-0.4, -0.2) is 47.4 Å². The molecule has 1 fully saturated rings. The first kappa shape index (κ1) is 14.9. The van der Waals surface area contributed by atoms with E-state index in [0.29, 0.717) is 22.0 Å². The zero-order valence-electron chi connectivity index (χ0n) is 12.0. The summed E-state index contributed by atoms with van der Waals surface area (Å²) in [6, 6.07) is 6.61. The molecule has 1 aliphatic rings. The number of carbonyl (C=O) groups is 1. The van der Waals surface area contributed by atoms with E-state index in [-0.39, 0.29) is 11.9 Å². The predicted molar refractivity (Wildman–Crippen MR) is 80.4 cm³/mol. The van der Waals surface area contributed by atoms with Gasteiger partial charge in [-0.1, -0.05) is 16.8 Å². The summed E-state index contributed by atoms with van der Waals surface area (Å²) in [5, 5.41) is 13.0.